The highest BCUT2D eigenvalue weighted by atomic mass is 16.3. The van der Waals surface area contributed by atoms with Crippen molar-refractivity contribution >= 4 is 0 Å². The molecule has 1 aliphatic rings. The first kappa shape index (κ1) is 7.22. The summed E-state index contributed by atoms with van der Waals surface area (Å²) in [7, 11) is 0. The van der Waals surface area contributed by atoms with Crippen molar-refractivity contribution in [2.75, 3.05) is 0 Å². The van der Waals surface area contributed by atoms with Crippen molar-refractivity contribution in [2.45, 2.75) is 13.1 Å². The van der Waals surface area contributed by atoms with Gasteiger partial charge in [0.25, 0.3) is 0 Å². The number of fused-ring (bicyclic) bond motifs is 1. The van der Waals surface area contributed by atoms with Gasteiger partial charge in [0.2, 0.25) is 0 Å². The SMILES string of the molecule is C=C(O)N1Cc2ccccc2C1. The van der Waals surface area contributed by atoms with E-state index in [2.05, 4.69) is 18.7 Å². The van der Waals surface area contributed by atoms with Gasteiger partial charge in [0.1, 0.15) is 0 Å². The number of hydrogen-bond acceptors (Lipinski definition) is 2. The highest BCUT2D eigenvalue weighted by molar-refractivity contribution is 5.31. The van der Waals surface area contributed by atoms with E-state index in [-0.39, 0.29) is 5.88 Å². The molecule has 1 aliphatic heterocycles. The molecule has 0 radical (unpaired) electrons. The molecule has 0 spiro atoms. The molecule has 2 nitrogen and oxygen atoms in total. The van der Waals surface area contributed by atoms with Gasteiger partial charge in [-0.1, -0.05) is 24.3 Å². The van der Waals surface area contributed by atoms with Crippen molar-refractivity contribution < 1.29 is 5.11 Å². The van der Waals surface area contributed by atoms with Crippen LogP contribution in [0.3, 0.4) is 0 Å². The summed E-state index contributed by atoms with van der Waals surface area (Å²) in [4.78, 5) is 1.85. The van der Waals surface area contributed by atoms with Gasteiger partial charge in [-0.3, -0.25) is 0 Å². The first-order valence-corrected chi connectivity index (χ1v) is 3.97. The van der Waals surface area contributed by atoms with Crippen LogP contribution in [0.25, 0.3) is 0 Å². The molecule has 0 saturated carbocycles. The molecule has 1 aromatic carbocycles. The van der Waals surface area contributed by atoms with Gasteiger partial charge < -0.3 is 10.0 Å². The summed E-state index contributed by atoms with van der Waals surface area (Å²) in [5.74, 6) is 0.159. The highest BCUT2D eigenvalue weighted by Crippen LogP contribution is 2.23. The second-order valence-electron chi connectivity index (χ2n) is 3.04. The van der Waals surface area contributed by atoms with Crippen LogP contribution in [0.2, 0.25) is 0 Å². The second kappa shape index (κ2) is 2.55. The van der Waals surface area contributed by atoms with Crippen molar-refractivity contribution in [2.24, 2.45) is 0 Å². The Balaban J connectivity index is 2.27. The fourth-order valence-electron chi connectivity index (χ4n) is 1.52. The van der Waals surface area contributed by atoms with Crippen LogP contribution in [-0.2, 0) is 13.1 Å². The van der Waals surface area contributed by atoms with Gasteiger partial charge in [-0.15, -0.1) is 0 Å². The molecular formula is C10H11NO. The van der Waals surface area contributed by atoms with E-state index in [9.17, 15) is 0 Å². The molecule has 0 aromatic heterocycles. The standard InChI is InChI=1S/C10H11NO/c1-8(12)11-6-9-4-2-3-5-10(9)7-11/h2-5,12H,1,6-7H2. The lowest BCUT2D eigenvalue weighted by Crippen LogP contribution is -2.13. The fraction of sp³-hybridized carbons (Fsp3) is 0.200. The molecule has 0 atom stereocenters. The first-order chi connectivity index (χ1) is 5.77. The van der Waals surface area contributed by atoms with Crippen molar-refractivity contribution in [3.8, 4) is 0 Å². The molecule has 1 heterocycles. The molecule has 0 saturated heterocycles. The number of hydrogen-bond donors (Lipinski definition) is 1. The molecular weight excluding hydrogens is 150 g/mol. The third-order valence-corrected chi connectivity index (χ3v) is 2.21. The zero-order chi connectivity index (χ0) is 8.55. The van der Waals surface area contributed by atoms with Crippen molar-refractivity contribution in [1.29, 1.82) is 0 Å². The number of rotatable bonds is 1. The maximum Gasteiger partial charge on any atom is 0.179 e. The third-order valence-electron chi connectivity index (χ3n) is 2.21. The molecule has 62 valence electrons. The fourth-order valence-corrected chi connectivity index (χ4v) is 1.52. The van der Waals surface area contributed by atoms with Crippen molar-refractivity contribution in [1.82, 2.24) is 4.90 Å². The zero-order valence-electron chi connectivity index (χ0n) is 6.83. The number of benzene rings is 1. The number of aliphatic hydroxyl groups is 1. The van der Waals surface area contributed by atoms with E-state index in [1.165, 1.54) is 11.1 Å². The topological polar surface area (TPSA) is 23.5 Å². The molecule has 0 amide bonds. The molecule has 2 heteroatoms. The Labute approximate surface area is 71.7 Å². The Morgan fingerprint density at radius 2 is 1.75 bits per heavy atom. The molecule has 2 rings (SSSR count). The van der Waals surface area contributed by atoms with Crippen LogP contribution in [0.5, 0.6) is 0 Å². The summed E-state index contributed by atoms with van der Waals surface area (Å²) < 4.78 is 0. The Kier molecular flexibility index (Phi) is 1.54. The first-order valence-electron chi connectivity index (χ1n) is 3.97. The van der Waals surface area contributed by atoms with Gasteiger partial charge in [0.05, 0.1) is 0 Å². The zero-order valence-corrected chi connectivity index (χ0v) is 6.83. The summed E-state index contributed by atoms with van der Waals surface area (Å²) in [6.07, 6.45) is 0. The number of aliphatic hydroxyl groups excluding tert-OH is 1. The van der Waals surface area contributed by atoms with Gasteiger partial charge >= 0.3 is 0 Å². The molecule has 0 fully saturated rings. The van der Waals surface area contributed by atoms with Gasteiger partial charge in [-0.2, -0.15) is 0 Å². The van der Waals surface area contributed by atoms with E-state index in [0.717, 1.165) is 13.1 Å². The van der Waals surface area contributed by atoms with E-state index >= 15 is 0 Å². The monoisotopic (exact) mass is 161 g/mol. The van der Waals surface area contributed by atoms with E-state index < -0.39 is 0 Å². The van der Waals surface area contributed by atoms with Crippen LogP contribution in [-0.4, -0.2) is 10.0 Å². The Hall–Kier alpha value is -1.44. The van der Waals surface area contributed by atoms with E-state index in [1.54, 1.807) is 0 Å². The minimum Gasteiger partial charge on any atom is -0.495 e. The van der Waals surface area contributed by atoms with Gasteiger partial charge in [-0.25, -0.2) is 0 Å². The predicted octanol–water partition coefficient (Wildman–Crippen LogP) is 2.03. The molecule has 1 aromatic rings. The Morgan fingerprint density at radius 1 is 1.25 bits per heavy atom. The maximum absolute atomic E-state index is 9.16. The number of nitrogens with zero attached hydrogens (tertiary/aromatic N) is 1. The third kappa shape index (κ3) is 1.05. The maximum atomic E-state index is 9.16. The largest absolute Gasteiger partial charge is 0.495 e. The quantitative estimate of drug-likeness (QED) is 0.637. The second-order valence-corrected chi connectivity index (χ2v) is 3.04. The average molecular weight is 161 g/mol. The van der Waals surface area contributed by atoms with E-state index in [0.29, 0.717) is 0 Å². The van der Waals surface area contributed by atoms with Crippen LogP contribution in [0.4, 0.5) is 0 Å². The van der Waals surface area contributed by atoms with Crippen LogP contribution >= 0.6 is 0 Å². The molecule has 12 heavy (non-hydrogen) atoms. The predicted molar refractivity (Wildman–Crippen MR) is 47.5 cm³/mol. The smallest absolute Gasteiger partial charge is 0.179 e. The Bertz CT molecular complexity index is 294. The van der Waals surface area contributed by atoms with Gasteiger partial charge in [0.15, 0.2) is 5.88 Å². The van der Waals surface area contributed by atoms with Crippen LogP contribution in [0, 0.1) is 0 Å². The lowest BCUT2D eigenvalue weighted by molar-refractivity contribution is 0.205. The summed E-state index contributed by atoms with van der Waals surface area (Å²) in [6.45, 7) is 5.07. The summed E-state index contributed by atoms with van der Waals surface area (Å²) >= 11 is 0. The lowest BCUT2D eigenvalue weighted by Gasteiger charge is -2.13. The molecule has 0 unspecified atom stereocenters. The lowest BCUT2D eigenvalue weighted by atomic mass is 10.1. The molecule has 0 aliphatic carbocycles. The molecule has 1 N–H and O–H groups in total. The van der Waals surface area contributed by atoms with E-state index in [4.69, 9.17) is 5.11 Å². The van der Waals surface area contributed by atoms with Crippen LogP contribution in [0.15, 0.2) is 36.7 Å². The Morgan fingerprint density at radius 3 is 2.17 bits per heavy atom. The van der Waals surface area contributed by atoms with Crippen LogP contribution < -0.4 is 0 Å². The van der Waals surface area contributed by atoms with Crippen LogP contribution in [0.1, 0.15) is 11.1 Å². The molecule has 0 bridgehead atoms. The summed E-state index contributed by atoms with van der Waals surface area (Å²) in [5.41, 5.74) is 2.57. The highest BCUT2D eigenvalue weighted by Gasteiger charge is 2.18. The van der Waals surface area contributed by atoms with E-state index in [1.807, 2.05) is 17.0 Å². The average Bonchev–Trinajstić information content (AvgIpc) is 2.46. The van der Waals surface area contributed by atoms with Gasteiger partial charge in [-0.05, 0) is 17.7 Å². The minimum atomic E-state index is 0.159. The minimum absolute atomic E-state index is 0.159. The van der Waals surface area contributed by atoms with Crippen molar-refractivity contribution in [3.63, 3.8) is 0 Å². The summed E-state index contributed by atoms with van der Waals surface area (Å²) in [6, 6.07) is 8.20. The normalized spacial score (nSPS) is 14.5. The van der Waals surface area contributed by atoms with Gasteiger partial charge in [0, 0.05) is 13.1 Å². The summed E-state index contributed by atoms with van der Waals surface area (Å²) in [5, 5.41) is 9.16. The van der Waals surface area contributed by atoms with Crippen molar-refractivity contribution in [3.05, 3.63) is 47.9 Å².